The van der Waals surface area contributed by atoms with Gasteiger partial charge < -0.3 is 4.90 Å². The summed E-state index contributed by atoms with van der Waals surface area (Å²) in [5.41, 5.74) is 3.54. The van der Waals surface area contributed by atoms with Gasteiger partial charge in [-0.15, -0.1) is 5.10 Å². The fourth-order valence-electron chi connectivity index (χ4n) is 3.06. The zero-order valence-electron chi connectivity index (χ0n) is 14.8. The molecule has 0 saturated heterocycles. The van der Waals surface area contributed by atoms with Crippen LogP contribution in [0.15, 0.2) is 71.9 Å². The number of amides is 1. The first-order valence-corrected chi connectivity index (χ1v) is 9.91. The van der Waals surface area contributed by atoms with E-state index in [1.165, 1.54) is 22.9 Å². The molecule has 5 nitrogen and oxygen atoms in total. The van der Waals surface area contributed by atoms with Gasteiger partial charge in [0, 0.05) is 18.7 Å². The summed E-state index contributed by atoms with van der Waals surface area (Å²) in [6, 6.07) is 20.2. The van der Waals surface area contributed by atoms with Crippen LogP contribution in [0.3, 0.4) is 0 Å². The van der Waals surface area contributed by atoms with Crippen molar-refractivity contribution in [3.63, 3.8) is 0 Å². The van der Waals surface area contributed by atoms with Crippen LogP contribution in [0.5, 0.6) is 0 Å². The molecule has 3 aromatic rings. The van der Waals surface area contributed by atoms with Crippen molar-refractivity contribution in [2.75, 3.05) is 18.8 Å². The van der Waals surface area contributed by atoms with E-state index in [2.05, 4.69) is 33.4 Å². The van der Waals surface area contributed by atoms with Crippen LogP contribution < -0.4 is 0 Å². The van der Waals surface area contributed by atoms with E-state index >= 15 is 0 Å². The molecule has 6 heteroatoms. The first-order valence-electron chi connectivity index (χ1n) is 8.92. The molecule has 0 saturated carbocycles. The van der Waals surface area contributed by atoms with Crippen LogP contribution in [0.1, 0.15) is 12.0 Å². The number of aromatic nitrogens is 3. The molecule has 4 rings (SSSR count). The number of nitrogens with zero attached hydrogens (tertiary/aromatic N) is 3. The molecule has 0 atom stereocenters. The van der Waals surface area contributed by atoms with Crippen molar-refractivity contribution in [3.8, 4) is 11.4 Å². The van der Waals surface area contributed by atoms with Crippen molar-refractivity contribution in [2.45, 2.75) is 11.6 Å². The van der Waals surface area contributed by atoms with Gasteiger partial charge in [-0.2, -0.15) is 0 Å². The normalized spacial score (nSPS) is 14.1. The molecule has 1 aliphatic heterocycles. The largest absolute Gasteiger partial charge is 0.338 e. The summed E-state index contributed by atoms with van der Waals surface area (Å²) in [4.78, 5) is 18.9. The number of benzene rings is 2. The van der Waals surface area contributed by atoms with Crippen LogP contribution >= 0.6 is 11.8 Å². The van der Waals surface area contributed by atoms with Crippen molar-refractivity contribution in [3.05, 3.63) is 72.3 Å². The van der Waals surface area contributed by atoms with E-state index in [1.807, 2.05) is 53.4 Å². The van der Waals surface area contributed by atoms with Gasteiger partial charge in [0.25, 0.3) is 0 Å². The van der Waals surface area contributed by atoms with Crippen LogP contribution in [0, 0.1) is 0 Å². The van der Waals surface area contributed by atoms with Gasteiger partial charge >= 0.3 is 0 Å². The van der Waals surface area contributed by atoms with Gasteiger partial charge in [0.05, 0.1) is 5.75 Å². The predicted molar refractivity (Wildman–Crippen MR) is 108 cm³/mol. The Balaban J connectivity index is 1.32. The molecular weight excluding hydrogens is 356 g/mol. The van der Waals surface area contributed by atoms with E-state index in [0.717, 1.165) is 24.4 Å². The molecule has 1 aliphatic rings. The number of aromatic amines is 1. The number of carbonyl (C=O) groups excluding carboxylic acids is 1. The van der Waals surface area contributed by atoms with E-state index in [9.17, 15) is 4.79 Å². The Morgan fingerprint density at radius 1 is 1.04 bits per heavy atom. The highest BCUT2D eigenvalue weighted by Crippen LogP contribution is 2.23. The summed E-state index contributed by atoms with van der Waals surface area (Å²) in [7, 11) is 0. The van der Waals surface area contributed by atoms with Crippen molar-refractivity contribution >= 4 is 23.2 Å². The molecule has 2 heterocycles. The Morgan fingerprint density at radius 3 is 2.41 bits per heavy atom. The number of carbonyl (C=O) groups is 1. The number of hydrogen-bond acceptors (Lipinski definition) is 4. The van der Waals surface area contributed by atoms with Crippen LogP contribution in [-0.2, 0) is 4.79 Å². The average molecular weight is 376 g/mol. The number of thioether (sulfide) groups is 1. The van der Waals surface area contributed by atoms with Crippen LogP contribution in [0.2, 0.25) is 0 Å². The Hall–Kier alpha value is -2.86. The minimum atomic E-state index is 0.120. The van der Waals surface area contributed by atoms with E-state index in [-0.39, 0.29) is 5.91 Å². The molecule has 0 aliphatic carbocycles. The second-order valence-electron chi connectivity index (χ2n) is 6.31. The zero-order valence-corrected chi connectivity index (χ0v) is 15.7. The Kier molecular flexibility index (Phi) is 5.34. The summed E-state index contributed by atoms with van der Waals surface area (Å²) in [5, 5.41) is 7.74. The average Bonchev–Trinajstić information content (AvgIpc) is 3.22. The first-order chi connectivity index (χ1) is 13.3. The van der Waals surface area contributed by atoms with Gasteiger partial charge in [0.2, 0.25) is 11.1 Å². The van der Waals surface area contributed by atoms with Crippen LogP contribution in [0.4, 0.5) is 0 Å². The lowest BCUT2D eigenvalue weighted by atomic mass is 10.00. The SMILES string of the molecule is O=C(CSc1n[nH]c(-c2ccccc2)n1)N1CC=C(c2ccccc2)CC1. The molecule has 0 bridgehead atoms. The summed E-state index contributed by atoms with van der Waals surface area (Å²) in [6.07, 6.45) is 3.04. The molecular formula is C21H20N4OS. The Morgan fingerprint density at radius 2 is 1.74 bits per heavy atom. The molecule has 136 valence electrons. The van der Waals surface area contributed by atoms with Crippen molar-refractivity contribution in [1.29, 1.82) is 0 Å². The van der Waals surface area contributed by atoms with E-state index in [4.69, 9.17) is 0 Å². The van der Waals surface area contributed by atoms with Crippen LogP contribution in [0.25, 0.3) is 17.0 Å². The van der Waals surface area contributed by atoms with Crippen molar-refractivity contribution in [2.24, 2.45) is 0 Å². The zero-order chi connectivity index (χ0) is 18.5. The third-order valence-corrected chi connectivity index (χ3v) is 5.38. The number of nitrogens with one attached hydrogen (secondary N) is 1. The minimum absolute atomic E-state index is 0.120. The fraction of sp³-hybridized carbons (Fsp3) is 0.190. The lowest BCUT2D eigenvalue weighted by molar-refractivity contribution is -0.127. The molecule has 1 N–H and O–H groups in total. The second kappa shape index (κ2) is 8.22. The molecule has 2 aromatic carbocycles. The lowest BCUT2D eigenvalue weighted by Gasteiger charge is -2.26. The quantitative estimate of drug-likeness (QED) is 0.687. The lowest BCUT2D eigenvalue weighted by Crippen LogP contribution is -2.35. The van der Waals surface area contributed by atoms with E-state index < -0.39 is 0 Å². The van der Waals surface area contributed by atoms with Gasteiger partial charge in [-0.05, 0) is 17.6 Å². The maximum atomic E-state index is 12.5. The first kappa shape index (κ1) is 17.5. The topological polar surface area (TPSA) is 61.9 Å². The van der Waals surface area contributed by atoms with Crippen molar-refractivity contribution in [1.82, 2.24) is 20.1 Å². The summed E-state index contributed by atoms with van der Waals surface area (Å²) >= 11 is 1.37. The Labute approximate surface area is 162 Å². The maximum Gasteiger partial charge on any atom is 0.233 e. The molecule has 27 heavy (non-hydrogen) atoms. The predicted octanol–water partition coefficient (Wildman–Crippen LogP) is 3.88. The highest BCUT2D eigenvalue weighted by Gasteiger charge is 2.18. The van der Waals surface area contributed by atoms with Crippen LogP contribution in [-0.4, -0.2) is 44.8 Å². The smallest absolute Gasteiger partial charge is 0.233 e. The van der Waals surface area contributed by atoms with Gasteiger partial charge in [-0.25, -0.2) is 4.98 Å². The van der Waals surface area contributed by atoms with E-state index in [0.29, 0.717) is 17.5 Å². The highest BCUT2D eigenvalue weighted by atomic mass is 32.2. The monoisotopic (exact) mass is 376 g/mol. The summed E-state index contributed by atoms with van der Waals surface area (Å²) in [5.74, 6) is 1.19. The second-order valence-corrected chi connectivity index (χ2v) is 7.25. The van der Waals surface area contributed by atoms with E-state index in [1.54, 1.807) is 0 Å². The number of rotatable bonds is 5. The number of H-pyrrole nitrogens is 1. The third kappa shape index (κ3) is 4.28. The highest BCUT2D eigenvalue weighted by molar-refractivity contribution is 7.99. The molecule has 1 amide bonds. The summed E-state index contributed by atoms with van der Waals surface area (Å²) in [6.45, 7) is 1.41. The molecule has 0 fully saturated rings. The standard InChI is InChI=1S/C21H20N4OS/c26-19(25-13-11-17(12-14-25)16-7-3-1-4-8-16)15-27-21-22-20(23-24-21)18-9-5-2-6-10-18/h1-11H,12-15H2,(H,22,23,24). The fourth-order valence-corrected chi connectivity index (χ4v) is 3.76. The van der Waals surface area contributed by atoms with Gasteiger partial charge in [-0.1, -0.05) is 78.5 Å². The molecule has 0 radical (unpaired) electrons. The Bertz CT molecular complexity index is 937. The third-order valence-electron chi connectivity index (χ3n) is 4.54. The molecule has 1 aromatic heterocycles. The maximum absolute atomic E-state index is 12.5. The molecule has 0 spiro atoms. The van der Waals surface area contributed by atoms with Crippen molar-refractivity contribution < 1.29 is 4.79 Å². The number of hydrogen-bond donors (Lipinski definition) is 1. The van der Waals surface area contributed by atoms with Gasteiger partial charge in [-0.3, -0.25) is 9.89 Å². The van der Waals surface area contributed by atoms with Gasteiger partial charge in [0.1, 0.15) is 0 Å². The minimum Gasteiger partial charge on any atom is -0.338 e. The summed E-state index contributed by atoms with van der Waals surface area (Å²) < 4.78 is 0. The molecule has 0 unspecified atom stereocenters. The van der Waals surface area contributed by atoms with Gasteiger partial charge in [0.15, 0.2) is 5.82 Å².